The van der Waals surface area contributed by atoms with Crippen LogP contribution in [-0.2, 0) is 5.75 Å². The number of rotatable bonds is 4. The second-order valence-electron chi connectivity index (χ2n) is 6.94. The summed E-state index contributed by atoms with van der Waals surface area (Å²) >= 11 is 13.6. The SMILES string of the molecule is O=c1c2[nH]c3ccccc3c2nc(SCc2ccc(Cl)c(Cl)c2)n1-c1ccc(F)cc1. The number of para-hydroxylation sites is 1. The number of aromatic amines is 1. The molecule has 1 N–H and O–H groups in total. The number of hydrogen-bond acceptors (Lipinski definition) is 3. The van der Waals surface area contributed by atoms with E-state index in [4.69, 9.17) is 28.2 Å². The van der Waals surface area contributed by atoms with Gasteiger partial charge in [0, 0.05) is 16.7 Å². The minimum atomic E-state index is -0.374. The lowest BCUT2D eigenvalue weighted by molar-refractivity contribution is 0.627. The van der Waals surface area contributed by atoms with Crippen LogP contribution < -0.4 is 5.56 Å². The first-order chi connectivity index (χ1) is 15.0. The van der Waals surface area contributed by atoms with E-state index in [0.29, 0.717) is 37.7 Å². The third-order valence-electron chi connectivity index (χ3n) is 4.93. The Kier molecular flexibility index (Phi) is 5.22. The quantitative estimate of drug-likeness (QED) is 0.238. The van der Waals surface area contributed by atoms with Gasteiger partial charge in [0.1, 0.15) is 16.9 Å². The van der Waals surface area contributed by atoms with Crippen molar-refractivity contribution >= 4 is 56.9 Å². The van der Waals surface area contributed by atoms with Gasteiger partial charge < -0.3 is 4.98 Å². The van der Waals surface area contributed by atoms with Crippen LogP contribution in [0.15, 0.2) is 76.7 Å². The van der Waals surface area contributed by atoms with Gasteiger partial charge in [-0.2, -0.15) is 0 Å². The molecule has 0 unspecified atom stereocenters. The fraction of sp³-hybridized carbons (Fsp3) is 0.0435. The molecule has 0 saturated carbocycles. The summed E-state index contributed by atoms with van der Waals surface area (Å²) in [4.78, 5) is 21.5. The van der Waals surface area contributed by atoms with Crippen LogP contribution in [0.4, 0.5) is 4.39 Å². The lowest BCUT2D eigenvalue weighted by Gasteiger charge is -2.12. The zero-order chi connectivity index (χ0) is 21.5. The molecule has 0 atom stereocenters. The summed E-state index contributed by atoms with van der Waals surface area (Å²) in [6, 6.07) is 18.8. The zero-order valence-corrected chi connectivity index (χ0v) is 18.2. The monoisotopic (exact) mass is 469 g/mol. The molecule has 0 aliphatic carbocycles. The van der Waals surface area contributed by atoms with Crippen molar-refractivity contribution in [3.05, 3.63) is 98.5 Å². The lowest BCUT2D eigenvalue weighted by atomic mass is 10.2. The van der Waals surface area contributed by atoms with E-state index in [1.165, 1.54) is 28.5 Å². The standard InChI is InChI=1S/C23H14Cl2FN3OS/c24-17-10-5-13(11-18(17)25)12-31-23-28-20-16-3-1-2-4-19(16)27-21(20)22(30)29(23)15-8-6-14(26)7-9-15/h1-11,27H,12H2. The number of benzene rings is 3. The van der Waals surface area contributed by atoms with Crippen molar-refractivity contribution in [2.24, 2.45) is 0 Å². The fourth-order valence-corrected chi connectivity index (χ4v) is 4.70. The first kappa shape index (κ1) is 20.1. The van der Waals surface area contributed by atoms with Crippen LogP contribution in [0.3, 0.4) is 0 Å². The third-order valence-corrected chi connectivity index (χ3v) is 6.68. The summed E-state index contributed by atoms with van der Waals surface area (Å²) in [5.41, 5.74) is 3.08. The number of nitrogens with one attached hydrogen (secondary N) is 1. The highest BCUT2D eigenvalue weighted by Gasteiger charge is 2.17. The molecule has 31 heavy (non-hydrogen) atoms. The van der Waals surface area contributed by atoms with Crippen molar-refractivity contribution < 1.29 is 4.39 Å². The van der Waals surface area contributed by atoms with Gasteiger partial charge in [0.2, 0.25) is 0 Å². The molecule has 0 radical (unpaired) electrons. The number of H-pyrrole nitrogens is 1. The second kappa shape index (κ2) is 8.04. The molecule has 2 aromatic heterocycles. The Labute approximate surface area is 190 Å². The van der Waals surface area contributed by atoms with Crippen LogP contribution in [0.2, 0.25) is 10.0 Å². The molecular formula is C23H14Cl2FN3OS. The average Bonchev–Trinajstić information content (AvgIpc) is 3.15. The molecule has 0 aliphatic heterocycles. The summed E-state index contributed by atoms with van der Waals surface area (Å²) in [5.74, 6) is 0.153. The van der Waals surface area contributed by atoms with E-state index >= 15 is 0 Å². The largest absolute Gasteiger partial charge is 0.349 e. The van der Waals surface area contributed by atoms with Gasteiger partial charge in [-0.1, -0.05) is 59.2 Å². The summed E-state index contributed by atoms with van der Waals surface area (Å²) < 4.78 is 15.0. The number of hydrogen-bond donors (Lipinski definition) is 1. The van der Waals surface area contributed by atoms with Gasteiger partial charge in [0.05, 0.1) is 15.7 Å². The van der Waals surface area contributed by atoms with E-state index < -0.39 is 0 Å². The van der Waals surface area contributed by atoms with Crippen LogP contribution >= 0.6 is 35.0 Å². The van der Waals surface area contributed by atoms with E-state index in [0.717, 1.165) is 16.5 Å². The lowest BCUT2D eigenvalue weighted by Crippen LogP contribution is -2.21. The van der Waals surface area contributed by atoms with Gasteiger partial charge >= 0.3 is 0 Å². The van der Waals surface area contributed by atoms with Gasteiger partial charge in [0.15, 0.2) is 5.16 Å². The third kappa shape index (κ3) is 3.71. The van der Waals surface area contributed by atoms with Crippen LogP contribution in [-0.4, -0.2) is 14.5 Å². The Morgan fingerprint density at radius 3 is 2.55 bits per heavy atom. The van der Waals surface area contributed by atoms with Crippen molar-refractivity contribution in [2.75, 3.05) is 0 Å². The predicted molar refractivity (Wildman–Crippen MR) is 125 cm³/mol. The number of nitrogens with zero attached hydrogens (tertiary/aromatic N) is 2. The Hall–Kier alpha value is -2.80. The molecule has 0 bridgehead atoms. The molecule has 0 spiro atoms. The molecule has 4 nitrogen and oxygen atoms in total. The number of aromatic nitrogens is 3. The van der Waals surface area contributed by atoms with E-state index in [1.54, 1.807) is 24.3 Å². The molecule has 154 valence electrons. The fourth-order valence-electron chi connectivity index (χ4n) is 3.43. The van der Waals surface area contributed by atoms with Gasteiger partial charge in [0.25, 0.3) is 5.56 Å². The minimum absolute atomic E-state index is 0.246. The van der Waals surface area contributed by atoms with Crippen molar-refractivity contribution in [1.29, 1.82) is 0 Å². The first-order valence-corrected chi connectivity index (χ1v) is 11.1. The summed E-state index contributed by atoms with van der Waals surface area (Å²) in [6.45, 7) is 0. The smallest absolute Gasteiger partial charge is 0.283 e. The van der Waals surface area contributed by atoms with E-state index in [-0.39, 0.29) is 11.4 Å². The van der Waals surface area contributed by atoms with Gasteiger partial charge in [-0.05, 0) is 48.0 Å². The average molecular weight is 470 g/mol. The van der Waals surface area contributed by atoms with Gasteiger partial charge in [-0.25, -0.2) is 9.37 Å². The normalized spacial score (nSPS) is 11.5. The van der Waals surface area contributed by atoms with Crippen molar-refractivity contribution in [2.45, 2.75) is 10.9 Å². The first-order valence-electron chi connectivity index (χ1n) is 9.37. The Morgan fingerprint density at radius 2 is 1.77 bits per heavy atom. The van der Waals surface area contributed by atoms with Crippen LogP contribution in [0.1, 0.15) is 5.56 Å². The van der Waals surface area contributed by atoms with E-state index in [1.807, 2.05) is 30.3 Å². The number of thioether (sulfide) groups is 1. The zero-order valence-electron chi connectivity index (χ0n) is 15.9. The topological polar surface area (TPSA) is 50.7 Å². The second-order valence-corrected chi connectivity index (χ2v) is 8.70. The molecule has 0 aliphatic rings. The Bertz CT molecular complexity index is 1500. The molecule has 3 aromatic carbocycles. The predicted octanol–water partition coefficient (Wildman–Crippen LogP) is 6.61. The molecule has 5 rings (SSSR count). The summed E-state index contributed by atoms with van der Waals surface area (Å²) in [6.07, 6.45) is 0. The van der Waals surface area contributed by atoms with Crippen molar-refractivity contribution in [1.82, 2.24) is 14.5 Å². The highest BCUT2D eigenvalue weighted by molar-refractivity contribution is 7.98. The number of halogens is 3. The molecule has 0 saturated heterocycles. The summed E-state index contributed by atoms with van der Waals surface area (Å²) in [5, 5.41) is 2.32. The number of fused-ring (bicyclic) bond motifs is 3. The molecule has 2 heterocycles. The maximum atomic E-state index is 13.5. The van der Waals surface area contributed by atoms with Crippen LogP contribution in [0.25, 0.3) is 27.6 Å². The molecule has 0 amide bonds. The maximum Gasteiger partial charge on any atom is 0.283 e. The molecule has 0 fully saturated rings. The highest BCUT2D eigenvalue weighted by atomic mass is 35.5. The molecule has 8 heteroatoms. The van der Waals surface area contributed by atoms with Crippen molar-refractivity contribution in [3.63, 3.8) is 0 Å². The maximum absolute atomic E-state index is 13.5. The molecular weight excluding hydrogens is 456 g/mol. The van der Waals surface area contributed by atoms with Gasteiger partial charge in [-0.15, -0.1) is 0 Å². The van der Waals surface area contributed by atoms with E-state index in [9.17, 15) is 9.18 Å². The van der Waals surface area contributed by atoms with Crippen LogP contribution in [0.5, 0.6) is 0 Å². The van der Waals surface area contributed by atoms with Crippen LogP contribution in [0, 0.1) is 5.82 Å². The van der Waals surface area contributed by atoms with Crippen molar-refractivity contribution in [3.8, 4) is 5.69 Å². The molecule has 5 aromatic rings. The van der Waals surface area contributed by atoms with Gasteiger partial charge in [-0.3, -0.25) is 9.36 Å². The highest BCUT2D eigenvalue weighted by Crippen LogP contribution is 2.30. The summed E-state index contributed by atoms with van der Waals surface area (Å²) in [7, 11) is 0. The van der Waals surface area contributed by atoms with E-state index in [2.05, 4.69) is 4.98 Å². The Morgan fingerprint density at radius 1 is 1.00 bits per heavy atom. The minimum Gasteiger partial charge on any atom is -0.349 e. The Balaban J connectivity index is 1.68.